The van der Waals surface area contributed by atoms with Gasteiger partial charge in [-0.25, -0.2) is 9.97 Å². The smallest absolute Gasteiger partial charge is 0.183 e. The highest BCUT2D eigenvalue weighted by Gasteiger charge is 2.15. The van der Waals surface area contributed by atoms with Crippen LogP contribution in [-0.2, 0) is 0 Å². The monoisotopic (exact) mass is 664 g/mol. The van der Waals surface area contributed by atoms with Gasteiger partial charge in [-0.1, -0.05) is 92.3 Å². The lowest BCUT2D eigenvalue weighted by Gasteiger charge is -2.10. The number of hydrogen-bond acceptors (Lipinski definition) is 9. The molecule has 0 atom stereocenters. The Labute approximate surface area is 287 Å². The predicted molar refractivity (Wildman–Crippen MR) is 202 cm³/mol. The number of anilines is 2. The highest BCUT2D eigenvalue weighted by atomic mass is 32.1. The molecule has 47 heavy (non-hydrogen) atoms. The molecule has 0 spiro atoms. The van der Waals surface area contributed by atoms with E-state index in [0.29, 0.717) is 0 Å². The number of hydrogen-bond donors (Lipinski definition) is 2. The molecule has 0 saturated carbocycles. The summed E-state index contributed by atoms with van der Waals surface area (Å²) >= 11 is 3.32. The van der Waals surface area contributed by atoms with Crippen LogP contribution in [0.1, 0.15) is 46.1 Å². The third-order valence-electron chi connectivity index (χ3n) is 6.90. The second-order valence-corrected chi connectivity index (χ2v) is 12.3. The van der Waals surface area contributed by atoms with Crippen molar-refractivity contribution in [3.8, 4) is 49.1 Å². The minimum Gasteiger partial charge on any atom is -0.496 e. The number of ether oxygens (including phenoxy) is 1. The minimum absolute atomic E-state index is 0.821. The highest BCUT2D eigenvalue weighted by Crippen LogP contribution is 2.38. The molecule has 0 amide bonds. The standard InChI is InChI=1S/C18H19N3OS.C18H19N3S.C2H6/c1-3-10-20-18-21-12-16(23-18)14-8-6-11-19-17(14)13-7-4-5-9-15(13)22-2;1-3-10-20-18-21-12-16(22-18)15-5-4-11-19-17(15)14-8-6-13(2)7-9-14;1-2/h4-9,11-12H,3,10H2,1-2H3,(H,20,21);4-9,11-12H,3,10H2,1-2H3,(H,20,21);1-2H3. The second kappa shape index (κ2) is 18.5. The van der Waals surface area contributed by atoms with E-state index in [2.05, 4.69) is 87.7 Å². The molecule has 0 unspecified atom stereocenters. The summed E-state index contributed by atoms with van der Waals surface area (Å²) in [7, 11) is 1.68. The van der Waals surface area contributed by atoms with Crippen molar-refractivity contribution < 1.29 is 4.74 Å². The van der Waals surface area contributed by atoms with Crippen molar-refractivity contribution in [1.29, 1.82) is 0 Å². The van der Waals surface area contributed by atoms with Crippen molar-refractivity contribution in [3.63, 3.8) is 0 Å². The number of aryl methyl sites for hydroxylation is 1. The predicted octanol–water partition coefficient (Wildman–Crippen LogP) is 10.7. The zero-order valence-corrected chi connectivity index (χ0v) is 29.7. The van der Waals surface area contributed by atoms with Crippen molar-refractivity contribution in [2.45, 2.75) is 47.5 Å². The van der Waals surface area contributed by atoms with Crippen molar-refractivity contribution in [2.75, 3.05) is 30.8 Å². The Morgan fingerprint density at radius 2 is 1.13 bits per heavy atom. The molecule has 6 aromatic rings. The Balaban J connectivity index is 0.000000202. The van der Waals surface area contributed by atoms with E-state index in [1.807, 2.05) is 75.0 Å². The molecule has 0 bridgehead atoms. The fraction of sp³-hybridized carbons (Fsp3) is 0.263. The van der Waals surface area contributed by atoms with Gasteiger partial charge in [0.05, 0.1) is 28.3 Å². The van der Waals surface area contributed by atoms with Crippen LogP contribution >= 0.6 is 22.7 Å². The number of para-hydroxylation sites is 1. The fourth-order valence-corrected chi connectivity index (χ4v) is 6.37. The van der Waals surface area contributed by atoms with Crippen LogP contribution in [0.3, 0.4) is 0 Å². The Bertz CT molecular complexity index is 1800. The number of benzene rings is 2. The first-order valence-electron chi connectivity index (χ1n) is 16.1. The minimum atomic E-state index is 0.821. The highest BCUT2D eigenvalue weighted by molar-refractivity contribution is 7.19. The lowest BCUT2D eigenvalue weighted by molar-refractivity contribution is 0.416. The number of rotatable bonds is 11. The zero-order valence-electron chi connectivity index (χ0n) is 28.1. The van der Waals surface area contributed by atoms with Crippen LogP contribution in [-0.4, -0.2) is 40.1 Å². The summed E-state index contributed by atoms with van der Waals surface area (Å²) in [4.78, 5) is 20.3. The van der Waals surface area contributed by atoms with Crippen LogP contribution in [0.5, 0.6) is 5.75 Å². The molecule has 0 fully saturated rings. The lowest BCUT2D eigenvalue weighted by atomic mass is 10.0. The van der Waals surface area contributed by atoms with Gasteiger partial charge in [0.25, 0.3) is 0 Å². The summed E-state index contributed by atoms with van der Waals surface area (Å²) in [6.07, 6.45) is 9.65. The second-order valence-electron chi connectivity index (χ2n) is 10.3. The van der Waals surface area contributed by atoms with Crippen molar-refractivity contribution in [1.82, 2.24) is 19.9 Å². The van der Waals surface area contributed by atoms with Gasteiger partial charge in [-0.15, -0.1) is 0 Å². The summed E-state index contributed by atoms with van der Waals surface area (Å²) in [6.45, 7) is 12.3. The first-order chi connectivity index (χ1) is 23.1. The van der Waals surface area contributed by atoms with Gasteiger partial charge in [0.15, 0.2) is 10.3 Å². The quantitative estimate of drug-likeness (QED) is 0.143. The largest absolute Gasteiger partial charge is 0.496 e. The third-order valence-corrected chi connectivity index (χ3v) is 8.87. The fourth-order valence-electron chi connectivity index (χ4n) is 4.63. The molecule has 6 rings (SSSR count). The van der Waals surface area contributed by atoms with Gasteiger partial charge in [-0.3, -0.25) is 9.97 Å². The number of thiazole rings is 2. The summed E-state index contributed by atoms with van der Waals surface area (Å²) in [5.74, 6) is 0.821. The molecular formula is C38H44N6OS2. The summed E-state index contributed by atoms with van der Waals surface area (Å²) in [5, 5.41) is 8.58. The Morgan fingerprint density at radius 3 is 1.68 bits per heavy atom. The molecule has 9 heteroatoms. The zero-order chi connectivity index (χ0) is 33.4. The van der Waals surface area contributed by atoms with Crippen LogP contribution in [0.4, 0.5) is 10.3 Å². The molecule has 0 aliphatic rings. The Hall–Kier alpha value is -4.60. The molecule has 0 aliphatic heterocycles. The van der Waals surface area contributed by atoms with Gasteiger partial charge in [-0.2, -0.15) is 0 Å². The van der Waals surface area contributed by atoms with Crippen LogP contribution in [0.15, 0.2) is 97.6 Å². The summed E-state index contributed by atoms with van der Waals surface area (Å²) in [6, 6.07) is 24.5. The van der Waals surface area contributed by atoms with E-state index < -0.39 is 0 Å². The van der Waals surface area contributed by atoms with Crippen LogP contribution < -0.4 is 15.4 Å². The third kappa shape index (κ3) is 9.47. The number of nitrogens with one attached hydrogen (secondary N) is 2. The van der Waals surface area contributed by atoms with Gasteiger partial charge >= 0.3 is 0 Å². The van der Waals surface area contributed by atoms with Crippen LogP contribution in [0, 0.1) is 6.92 Å². The molecule has 4 aromatic heterocycles. The Morgan fingerprint density at radius 1 is 0.617 bits per heavy atom. The molecule has 0 saturated heterocycles. The van der Waals surface area contributed by atoms with E-state index in [0.717, 1.165) is 85.3 Å². The molecule has 244 valence electrons. The lowest BCUT2D eigenvalue weighted by Crippen LogP contribution is -1.97. The average Bonchev–Trinajstić information content (AvgIpc) is 3.82. The molecule has 0 aliphatic carbocycles. The molecule has 4 heterocycles. The molecule has 2 aromatic carbocycles. The normalized spacial score (nSPS) is 10.3. The number of pyridine rings is 2. The SMILES string of the molecule is CC.CCCNc1ncc(-c2cccnc2-c2ccc(C)cc2)s1.CCCNc1ncc(-c2cccnc2-c2ccccc2OC)s1. The number of aromatic nitrogens is 4. The van der Waals surface area contributed by atoms with E-state index in [4.69, 9.17) is 4.74 Å². The first-order valence-corrected chi connectivity index (χ1v) is 17.7. The maximum Gasteiger partial charge on any atom is 0.183 e. The van der Waals surface area contributed by atoms with Gasteiger partial charge in [0, 0.05) is 60.1 Å². The van der Waals surface area contributed by atoms with Crippen LogP contribution in [0.2, 0.25) is 0 Å². The molecule has 7 nitrogen and oxygen atoms in total. The molecule has 2 N–H and O–H groups in total. The summed E-state index contributed by atoms with van der Waals surface area (Å²) < 4.78 is 5.48. The van der Waals surface area contributed by atoms with E-state index in [9.17, 15) is 0 Å². The van der Waals surface area contributed by atoms with Crippen LogP contribution in [0.25, 0.3) is 43.4 Å². The maximum atomic E-state index is 5.48. The van der Waals surface area contributed by atoms with Crippen molar-refractivity contribution >= 4 is 32.9 Å². The van der Waals surface area contributed by atoms with E-state index in [1.165, 1.54) is 5.56 Å². The van der Waals surface area contributed by atoms with E-state index in [-0.39, 0.29) is 0 Å². The first kappa shape index (κ1) is 35.3. The van der Waals surface area contributed by atoms with Crippen molar-refractivity contribution in [3.05, 3.63) is 103 Å². The number of nitrogens with zero attached hydrogens (tertiary/aromatic N) is 4. The maximum absolute atomic E-state index is 5.48. The topological polar surface area (TPSA) is 84.9 Å². The van der Waals surface area contributed by atoms with E-state index in [1.54, 1.807) is 29.8 Å². The molecule has 0 radical (unpaired) electrons. The van der Waals surface area contributed by atoms with Crippen molar-refractivity contribution in [2.24, 2.45) is 0 Å². The van der Waals surface area contributed by atoms with Gasteiger partial charge in [-0.05, 0) is 56.2 Å². The summed E-state index contributed by atoms with van der Waals surface area (Å²) in [5.41, 5.74) is 7.50. The number of methoxy groups -OCH3 is 1. The average molecular weight is 665 g/mol. The molecular weight excluding hydrogens is 621 g/mol. The van der Waals surface area contributed by atoms with Gasteiger partial charge < -0.3 is 15.4 Å². The van der Waals surface area contributed by atoms with Gasteiger partial charge in [0.2, 0.25) is 0 Å². The van der Waals surface area contributed by atoms with Gasteiger partial charge in [0.1, 0.15) is 5.75 Å². The Kier molecular flexibility index (Phi) is 13.9. The van der Waals surface area contributed by atoms with E-state index >= 15 is 0 Å².